The second kappa shape index (κ2) is 6.13. The summed E-state index contributed by atoms with van der Waals surface area (Å²) in [6.07, 6.45) is 0. The molecule has 0 saturated carbocycles. The second-order valence-corrected chi connectivity index (χ2v) is 4.11. The van der Waals surface area contributed by atoms with Crippen LogP contribution in [0.15, 0.2) is 24.3 Å². The third-order valence-electron chi connectivity index (χ3n) is 2.63. The number of rotatable bonds is 4. The summed E-state index contributed by atoms with van der Waals surface area (Å²) in [7, 11) is 0. The fourth-order valence-corrected chi connectivity index (χ4v) is 1.69. The van der Waals surface area contributed by atoms with Gasteiger partial charge in [0.1, 0.15) is 11.9 Å². The van der Waals surface area contributed by atoms with E-state index in [1.54, 1.807) is 13.0 Å². The molecular formula is C14H11F3N4. The van der Waals surface area contributed by atoms with Crippen molar-refractivity contribution in [3.05, 3.63) is 47.3 Å². The van der Waals surface area contributed by atoms with Gasteiger partial charge in [-0.25, -0.2) is 18.2 Å². The van der Waals surface area contributed by atoms with E-state index >= 15 is 0 Å². The molecule has 0 atom stereocenters. The van der Waals surface area contributed by atoms with Gasteiger partial charge in [-0.3, -0.25) is 0 Å². The van der Waals surface area contributed by atoms with Crippen molar-refractivity contribution in [1.82, 2.24) is 4.98 Å². The van der Waals surface area contributed by atoms with Gasteiger partial charge in [0.05, 0.1) is 11.3 Å². The van der Waals surface area contributed by atoms with Crippen LogP contribution in [0.5, 0.6) is 0 Å². The molecule has 1 aromatic carbocycles. The number of nitrogens with zero attached hydrogens (tertiary/aromatic N) is 2. The summed E-state index contributed by atoms with van der Waals surface area (Å²) in [6, 6.07) is 5.88. The van der Waals surface area contributed by atoms with Crippen molar-refractivity contribution >= 4 is 17.3 Å². The Kier molecular flexibility index (Phi) is 4.28. The first-order valence-electron chi connectivity index (χ1n) is 6.11. The fourth-order valence-electron chi connectivity index (χ4n) is 1.69. The number of hydrogen-bond donors (Lipinski definition) is 2. The number of nitriles is 1. The lowest BCUT2D eigenvalue weighted by molar-refractivity contribution is 0.579. The summed E-state index contributed by atoms with van der Waals surface area (Å²) in [6.45, 7) is 2.15. The topological polar surface area (TPSA) is 60.7 Å². The van der Waals surface area contributed by atoms with Crippen molar-refractivity contribution in [3.8, 4) is 6.07 Å². The van der Waals surface area contributed by atoms with E-state index in [-0.39, 0.29) is 22.9 Å². The van der Waals surface area contributed by atoms with Gasteiger partial charge in [0, 0.05) is 12.6 Å². The molecule has 7 heteroatoms. The Balaban J connectivity index is 2.40. The third kappa shape index (κ3) is 3.23. The summed E-state index contributed by atoms with van der Waals surface area (Å²) in [5, 5.41) is 14.1. The molecule has 108 valence electrons. The molecule has 0 bridgehead atoms. The molecule has 1 heterocycles. The molecule has 0 unspecified atom stereocenters. The van der Waals surface area contributed by atoms with Crippen molar-refractivity contribution in [2.24, 2.45) is 0 Å². The fraction of sp³-hybridized carbons (Fsp3) is 0.143. The summed E-state index contributed by atoms with van der Waals surface area (Å²) < 4.78 is 40.2. The van der Waals surface area contributed by atoms with Crippen LogP contribution in [0.4, 0.5) is 30.5 Å². The van der Waals surface area contributed by atoms with Crippen molar-refractivity contribution in [1.29, 1.82) is 5.26 Å². The molecule has 0 radical (unpaired) electrons. The van der Waals surface area contributed by atoms with Crippen LogP contribution in [0.3, 0.4) is 0 Å². The molecule has 2 N–H and O–H groups in total. The van der Waals surface area contributed by atoms with Gasteiger partial charge >= 0.3 is 0 Å². The first kappa shape index (κ1) is 14.7. The molecule has 0 amide bonds. The number of hydrogen-bond acceptors (Lipinski definition) is 4. The lowest BCUT2D eigenvalue weighted by Gasteiger charge is -2.11. The zero-order chi connectivity index (χ0) is 15.4. The first-order chi connectivity index (χ1) is 10.0. The van der Waals surface area contributed by atoms with Crippen LogP contribution < -0.4 is 10.6 Å². The molecule has 0 aliphatic heterocycles. The SMILES string of the molecule is CCNc1nc(Nc2ccc(F)cc2C#N)c(F)cc1F. The maximum atomic E-state index is 13.7. The smallest absolute Gasteiger partial charge is 0.169 e. The van der Waals surface area contributed by atoms with Gasteiger partial charge in [-0.05, 0) is 25.1 Å². The average Bonchev–Trinajstić information content (AvgIpc) is 2.45. The number of pyridine rings is 1. The summed E-state index contributed by atoms with van der Waals surface area (Å²) in [5.74, 6) is -2.68. The van der Waals surface area contributed by atoms with Crippen molar-refractivity contribution in [2.75, 3.05) is 17.2 Å². The molecule has 1 aromatic heterocycles. The monoisotopic (exact) mass is 292 g/mol. The normalized spacial score (nSPS) is 10.0. The summed E-state index contributed by atoms with van der Waals surface area (Å²) in [4.78, 5) is 3.78. The Morgan fingerprint density at radius 3 is 2.52 bits per heavy atom. The van der Waals surface area contributed by atoms with E-state index in [2.05, 4.69) is 15.6 Å². The van der Waals surface area contributed by atoms with E-state index in [1.165, 1.54) is 6.07 Å². The Morgan fingerprint density at radius 1 is 1.14 bits per heavy atom. The van der Waals surface area contributed by atoms with E-state index < -0.39 is 17.5 Å². The van der Waals surface area contributed by atoms with E-state index in [1.807, 2.05) is 0 Å². The van der Waals surface area contributed by atoms with E-state index in [9.17, 15) is 13.2 Å². The van der Waals surface area contributed by atoms with E-state index in [0.717, 1.165) is 12.1 Å². The minimum Gasteiger partial charge on any atom is -0.368 e. The Labute approximate surface area is 119 Å². The predicted octanol–water partition coefficient (Wildman–Crippen LogP) is 3.55. The van der Waals surface area contributed by atoms with Crippen LogP contribution in [-0.4, -0.2) is 11.5 Å². The highest BCUT2D eigenvalue weighted by atomic mass is 19.1. The number of benzene rings is 1. The van der Waals surface area contributed by atoms with Gasteiger partial charge in [0.25, 0.3) is 0 Å². The highest BCUT2D eigenvalue weighted by Gasteiger charge is 2.13. The maximum Gasteiger partial charge on any atom is 0.169 e. The van der Waals surface area contributed by atoms with Crippen molar-refractivity contribution in [3.63, 3.8) is 0 Å². The lowest BCUT2D eigenvalue weighted by Crippen LogP contribution is -2.07. The molecule has 0 spiro atoms. The first-order valence-corrected chi connectivity index (χ1v) is 6.11. The largest absolute Gasteiger partial charge is 0.368 e. The minimum absolute atomic E-state index is 0.00877. The Hall–Kier alpha value is -2.75. The summed E-state index contributed by atoms with van der Waals surface area (Å²) >= 11 is 0. The van der Waals surface area contributed by atoms with Gasteiger partial charge in [0.2, 0.25) is 0 Å². The number of halogens is 3. The van der Waals surface area contributed by atoms with Gasteiger partial charge in [-0.15, -0.1) is 0 Å². The highest BCUT2D eigenvalue weighted by Crippen LogP contribution is 2.25. The number of anilines is 3. The van der Waals surface area contributed by atoms with Crippen molar-refractivity contribution < 1.29 is 13.2 Å². The standard InChI is InChI=1S/C14H11F3N4/c1-2-19-13-10(16)6-11(17)14(21-13)20-12-4-3-9(15)5-8(12)7-18/h3-6H,2H2,1H3,(H2,19,20,21). The van der Waals surface area contributed by atoms with Crippen LogP contribution in [0.2, 0.25) is 0 Å². The maximum absolute atomic E-state index is 13.7. The van der Waals surface area contributed by atoms with Gasteiger partial charge in [-0.2, -0.15) is 5.26 Å². The summed E-state index contributed by atoms with van der Waals surface area (Å²) in [5.41, 5.74) is 0.171. The Morgan fingerprint density at radius 2 is 1.86 bits per heavy atom. The molecule has 0 aliphatic carbocycles. The molecule has 0 aliphatic rings. The molecule has 21 heavy (non-hydrogen) atoms. The van der Waals surface area contributed by atoms with Gasteiger partial charge in [-0.1, -0.05) is 0 Å². The van der Waals surface area contributed by atoms with Crippen LogP contribution in [0.25, 0.3) is 0 Å². The lowest BCUT2D eigenvalue weighted by atomic mass is 10.2. The predicted molar refractivity (Wildman–Crippen MR) is 72.7 cm³/mol. The van der Waals surface area contributed by atoms with Crippen LogP contribution in [0.1, 0.15) is 12.5 Å². The quantitative estimate of drug-likeness (QED) is 0.904. The zero-order valence-corrected chi connectivity index (χ0v) is 11.0. The molecule has 2 rings (SSSR count). The second-order valence-electron chi connectivity index (χ2n) is 4.11. The third-order valence-corrected chi connectivity index (χ3v) is 2.63. The van der Waals surface area contributed by atoms with E-state index in [4.69, 9.17) is 5.26 Å². The van der Waals surface area contributed by atoms with Crippen LogP contribution in [-0.2, 0) is 0 Å². The van der Waals surface area contributed by atoms with Gasteiger partial charge < -0.3 is 10.6 Å². The van der Waals surface area contributed by atoms with Gasteiger partial charge in [0.15, 0.2) is 23.3 Å². The average molecular weight is 292 g/mol. The molecular weight excluding hydrogens is 281 g/mol. The van der Waals surface area contributed by atoms with E-state index in [0.29, 0.717) is 12.6 Å². The van der Waals surface area contributed by atoms with Crippen LogP contribution >= 0.6 is 0 Å². The minimum atomic E-state index is -0.914. The molecule has 4 nitrogen and oxygen atoms in total. The highest BCUT2D eigenvalue weighted by molar-refractivity contribution is 5.65. The molecule has 0 saturated heterocycles. The Bertz CT molecular complexity index is 710. The van der Waals surface area contributed by atoms with Crippen LogP contribution in [0, 0.1) is 28.8 Å². The zero-order valence-electron chi connectivity index (χ0n) is 11.0. The number of nitrogens with one attached hydrogen (secondary N) is 2. The number of aromatic nitrogens is 1. The molecule has 0 fully saturated rings. The molecule has 2 aromatic rings. The van der Waals surface area contributed by atoms with Crippen molar-refractivity contribution in [2.45, 2.75) is 6.92 Å².